The van der Waals surface area contributed by atoms with Crippen molar-refractivity contribution >= 4 is 26.7 Å². The molecule has 0 aliphatic carbocycles. The lowest BCUT2D eigenvalue weighted by atomic mass is 10.4. The molecule has 0 saturated carbocycles. The van der Waals surface area contributed by atoms with Crippen LogP contribution in [0.15, 0.2) is 38.0 Å². The maximum absolute atomic E-state index is 11.3. The maximum atomic E-state index is 11.3. The second-order valence-electron chi connectivity index (χ2n) is 6.15. The quantitative estimate of drug-likeness (QED) is 0.167. The Balaban J connectivity index is 4.89. The zero-order valence-electron chi connectivity index (χ0n) is 17.4. The van der Waals surface area contributed by atoms with Crippen molar-refractivity contribution in [3.63, 3.8) is 0 Å². The van der Waals surface area contributed by atoms with E-state index in [1.165, 1.54) is 0 Å². The zero-order valence-corrected chi connectivity index (χ0v) is 18.4. The molecule has 0 aromatic heterocycles. The topological polar surface area (TPSA) is 107 Å². The summed E-state index contributed by atoms with van der Waals surface area (Å²) in [6, 6.07) is 0. The van der Waals surface area contributed by atoms with Crippen LogP contribution in [0, 0.1) is 0 Å². The molecule has 0 fully saturated rings. The minimum atomic E-state index is -3.27. The molecule has 0 rings (SSSR count). The van der Waals surface area contributed by atoms with E-state index in [0.29, 0.717) is 0 Å². The van der Waals surface area contributed by atoms with E-state index in [2.05, 4.69) is 19.7 Å². The summed E-state index contributed by atoms with van der Waals surface area (Å²) in [4.78, 5) is 33.8. The van der Waals surface area contributed by atoms with Crippen LogP contribution in [-0.2, 0) is 41.9 Å². The molecule has 0 N–H and O–H groups in total. The van der Waals surface area contributed by atoms with E-state index in [-0.39, 0.29) is 19.8 Å². The van der Waals surface area contributed by atoms with E-state index in [9.17, 15) is 14.4 Å². The Hall–Kier alpha value is -2.27. The number of esters is 3. The van der Waals surface area contributed by atoms with E-state index < -0.39 is 45.0 Å². The molecule has 29 heavy (non-hydrogen) atoms. The third kappa shape index (κ3) is 12.7. The fourth-order valence-electron chi connectivity index (χ4n) is 1.77. The molecular weight excluding hydrogens is 400 g/mol. The molecule has 10 heteroatoms. The smallest absolute Gasteiger partial charge is 0.457 e. The number of ether oxygens (including phenoxy) is 3. The summed E-state index contributed by atoms with van der Waals surface area (Å²) in [6.07, 6.45) is 1.41. The minimum absolute atomic E-state index is 0.00392. The second kappa shape index (κ2) is 13.8. The molecule has 0 radical (unpaired) electrons. The molecular formula is C19H30O9Si. The highest BCUT2D eigenvalue weighted by Gasteiger charge is 2.37. The van der Waals surface area contributed by atoms with Crippen molar-refractivity contribution in [3.8, 4) is 0 Å². The molecule has 0 aromatic carbocycles. The zero-order chi connectivity index (χ0) is 22.4. The average Bonchev–Trinajstić information content (AvgIpc) is 2.69. The summed E-state index contributed by atoms with van der Waals surface area (Å²) in [7, 11) is -3.27. The van der Waals surface area contributed by atoms with Crippen molar-refractivity contribution in [1.82, 2.24) is 0 Å². The largest absolute Gasteiger partial charge is 0.498 e. The first-order valence-electron chi connectivity index (χ1n) is 8.96. The first-order chi connectivity index (χ1) is 13.5. The Morgan fingerprint density at radius 1 is 0.690 bits per heavy atom. The van der Waals surface area contributed by atoms with Gasteiger partial charge in [0.2, 0.25) is 0 Å². The van der Waals surface area contributed by atoms with Crippen LogP contribution in [0.3, 0.4) is 0 Å². The summed E-state index contributed by atoms with van der Waals surface area (Å²) in [6.45, 7) is 16.5. The Labute approximate surface area is 172 Å². The van der Waals surface area contributed by atoms with E-state index in [1.54, 1.807) is 27.3 Å². The Kier molecular flexibility index (Phi) is 12.7. The first kappa shape index (κ1) is 26.7. The predicted octanol–water partition coefficient (Wildman–Crippen LogP) is 1.96. The molecule has 0 heterocycles. The Bertz CT molecular complexity index is 511. The number of carbonyl (C=O) groups is 3. The van der Waals surface area contributed by atoms with Gasteiger partial charge in [0.25, 0.3) is 0 Å². The standard InChI is InChI=1S/C19H30O9Si/c1-8-17(20)26-14(4)11-23-29(7,24-12-15(5)27-18(21)9-2)25-13-16(6)28-19(22)10-3/h8-10,14-16H,1-3,11-13H2,4-7H3. The van der Waals surface area contributed by atoms with E-state index in [0.717, 1.165) is 18.2 Å². The maximum Gasteiger partial charge on any atom is 0.498 e. The van der Waals surface area contributed by atoms with Gasteiger partial charge in [-0.15, -0.1) is 0 Å². The van der Waals surface area contributed by atoms with Gasteiger partial charge in [-0.2, -0.15) is 0 Å². The summed E-state index contributed by atoms with van der Waals surface area (Å²) < 4.78 is 32.4. The van der Waals surface area contributed by atoms with Crippen LogP contribution < -0.4 is 0 Å². The van der Waals surface area contributed by atoms with Gasteiger partial charge in [-0.1, -0.05) is 19.7 Å². The molecule has 164 valence electrons. The van der Waals surface area contributed by atoms with Crippen molar-refractivity contribution in [2.24, 2.45) is 0 Å². The van der Waals surface area contributed by atoms with E-state index in [4.69, 9.17) is 27.5 Å². The van der Waals surface area contributed by atoms with Crippen molar-refractivity contribution in [2.45, 2.75) is 45.6 Å². The molecule has 3 atom stereocenters. The molecule has 0 aliphatic rings. The van der Waals surface area contributed by atoms with E-state index in [1.807, 2.05) is 0 Å². The van der Waals surface area contributed by atoms with Crippen molar-refractivity contribution < 1.29 is 41.9 Å². The van der Waals surface area contributed by atoms with Crippen LogP contribution in [0.2, 0.25) is 6.55 Å². The third-order valence-corrected chi connectivity index (χ3v) is 5.27. The lowest BCUT2D eigenvalue weighted by Crippen LogP contribution is -2.47. The Morgan fingerprint density at radius 3 is 1.14 bits per heavy atom. The minimum Gasteiger partial charge on any atom is -0.457 e. The molecule has 0 amide bonds. The molecule has 0 aromatic rings. The van der Waals surface area contributed by atoms with Gasteiger partial charge in [-0.25, -0.2) is 14.4 Å². The molecule has 0 bridgehead atoms. The van der Waals surface area contributed by atoms with Gasteiger partial charge in [-0.3, -0.25) is 0 Å². The SMILES string of the molecule is C=CC(=O)OC(C)CO[Si](C)(OCC(C)OC(=O)C=C)OCC(C)OC(=O)C=C. The lowest BCUT2D eigenvalue weighted by Gasteiger charge is -2.29. The van der Waals surface area contributed by atoms with Gasteiger partial charge in [0.1, 0.15) is 18.3 Å². The van der Waals surface area contributed by atoms with Crippen LogP contribution in [0.4, 0.5) is 0 Å². The predicted molar refractivity (Wildman–Crippen MR) is 107 cm³/mol. The van der Waals surface area contributed by atoms with Crippen LogP contribution in [-0.4, -0.2) is 64.8 Å². The normalized spacial score (nSPS) is 15.7. The molecule has 3 unspecified atom stereocenters. The van der Waals surface area contributed by atoms with Gasteiger partial charge < -0.3 is 27.5 Å². The fraction of sp³-hybridized carbons (Fsp3) is 0.526. The summed E-state index contributed by atoms with van der Waals surface area (Å²) >= 11 is 0. The van der Waals surface area contributed by atoms with Gasteiger partial charge >= 0.3 is 26.7 Å². The van der Waals surface area contributed by atoms with E-state index >= 15 is 0 Å². The van der Waals surface area contributed by atoms with Gasteiger partial charge in [0, 0.05) is 24.8 Å². The fourth-order valence-corrected chi connectivity index (χ4v) is 3.63. The van der Waals surface area contributed by atoms with Crippen molar-refractivity contribution in [1.29, 1.82) is 0 Å². The first-order valence-corrected chi connectivity index (χ1v) is 11.2. The van der Waals surface area contributed by atoms with Crippen molar-refractivity contribution in [2.75, 3.05) is 19.8 Å². The lowest BCUT2D eigenvalue weighted by molar-refractivity contribution is -0.145. The summed E-state index contributed by atoms with van der Waals surface area (Å²) in [5.41, 5.74) is 0. The monoisotopic (exact) mass is 430 g/mol. The molecule has 0 saturated heterocycles. The molecule has 0 aliphatic heterocycles. The molecule has 0 spiro atoms. The highest BCUT2D eigenvalue weighted by Crippen LogP contribution is 2.14. The second-order valence-corrected chi connectivity index (χ2v) is 8.74. The number of hydrogen-bond donors (Lipinski definition) is 0. The number of rotatable bonds is 15. The highest BCUT2D eigenvalue weighted by molar-refractivity contribution is 6.59. The van der Waals surface area contributed by atoms with Crippen LogP contribution in [0.25, 0.3) is 0 Å². The number of hydrogen-bond acceptors (Lipinski definition) is 9. The van der Waals surface area contributed by atoms with Gasteiger partial charge in [0.05, 0.1) is 19.8 Å². The van der Waals surface area contributed by atoms with Crippen molar-refractivity contribution in [3.05, 3.63) is 38.0 Å². The van der Waals surface area contributed by atoms with Gasteiger partial charge in [0.15, 0.2) is 0 Å². The third-order valence-electron chi connectivity index (χ3n) is 3.19. The summed E-state index contributed by atoms with van der Waals surface area (Å²) in [5.74, 6) is -1.75. The number of carbonyl (C=O) groups excluding carboxylic acids is 3. The molecule has 9 nitrogen and oxygen atoms in total. The van der Waals surface area contributed by atoms with Crippen LogP contribution in [0.5, 0.6) is 0 Å². The van der Waals surface area contributed by atoms with Crippen LogP contribution >= 0.6 is 0 Å². The average molecular weight is 431 g/mol. The van der Waals surface area contributed by atoms with Gasteiger partial charge in [-0.05, 0) is 20.8 Å². The van der Waals surface area contributed by atoms with Crippen LogP contribution in [0.1, 0.15) is 20.8 Å². The highest BCUT2D eigenvalue weighted by atomic mass is 28.4. The Morgan fingerprint density at radius 2 is 0.931 bits per heavy atom. The summed E-state index contributed by atoms with van der Waals surface area (Å²) in [5, 5.41) is 0.